The minimum absolute atomic E-state index is 0.0566. The van der Waals surface area contributed by atoms with Crippen molar-refractivity contribution in [2.45, 2.75) is 30.4 Å². The molecule has 0 saturated carbocycles. The fourth-order valence-electron chi connectivity index (χ4n) is 3.49. The van der Waals surface area contributed by atoms with Crippen molar-refractivity contribution in [2.24, 2.45) is 10.9 Å². The van der Waals surface area contributed by atoms with Gasteiger partial charge >= 0.3 is 12.1 Å². The highest BCUT2D eigenvalue weighted by molar-refractivity contribution is 8.00. The van der Waals surface area contributed by atoms with Crippen LogP contribution in [0.3, 0.4) is 0 Å². The molecule has 180 valence electrons. The molecule has 2 aliphatic heterocycles. The Bertz CT molecular complexity index is 1130. The Hall–Kier alpha value is -3.66. The van der Waals surface area contributed by atoms with Crippen molar-refractivity contribution >= 4 is 58.0 Å². The van der Waals surface area contributed by atoms with Crippen molar-refractivity contribution in [2.75, 3.05) is 18.1 Å². The summed E-state index contributed by atoms with van der Waals surface area (Å²) in [5.41, 5.74) is 10.2. The maximum absolute atomic E-state index is 13.0. The summed E-state index contributed by atoms with van der Waals surface area (Å²) in [6, 6.07) is -1.03. The van der Waals surface area contributed by atoms with Gasteiger partial charge in [-0.2, -0.15) is 9.36 Å². The van der Waals surface area contributed by atoms with Crippen molar-refractivity contribution < 1.29 is 33.9 Å². The van der Waals surface area contributed by atoms with Gasteiger partial charge < -0.3 is 31.5 Å². The Morgan fingerprint density at radius 1 is 1.38 bits per heavy atom. The number of aromatic nitrogens is 2. The zero-order valence-electron chi connectivity index (χ0n) is 17.4. The average molecular weight is 510 g/mol. The topological polar surface area (TPSA) is 212 Å². The largest absolute Gasteiger partial charge is 0.477 e. The lowest BCUT2D eigenvalue weighted by Gasteiger charge is -2.49. The Morgan fingerprint density at radius 3 is 2.79 bits per heavy atom. The first kappa shape index (κ1) is 23.5. The third-order valence-electron chi connectivity index (χ3n) is 5.04. The number of hydrogen-bond donors (Lipinski definition) is 4. The first-order valence-electron chi connectivity index (χ1n) is 9.89. The summed E-state index contributed by atoms with van der Waals surface area (Å²) in [5.74, 6) is -2.70. The molecule has 1 fully saturated rings. The number of anilines is 1. The van der Waals surface area contributed by atoms with Crippen molar-refractivity contribution in [3.8, 4) is 0 Å². The van der Waals surface area contributed by atoms with Crippen LogP contribution in [-0.2, 0) is 24.0 Å². The molecular formula is C18H19N7O7S2. The summed E-state index contributed by atoms with van der Waals surface area (Å²) in [7, 11) is 0. The second-order valence-corrected chi connectivity index (χ2v) is 9.16. The molecular weight excluding hydrogens is 490 g/mol. The third kappa shape index (κ3) is 4.67. The predicted molar refractivity (Wildman–Crippen MR) is 119 cm³/mol. The summed E-state index contributed by atoms with van der Waals surface area (Å²) in [6.07, 6.45) is 3.89. The van der Waals surface area contributed by atoms with E-state index in [9.17, 15) is 24.3 Å². The zero-order chi connectivity index (χ0) is 24.4. The molecule has 0 aromatic carbocycles. The zero-order valence-corrected chi connectivity index (χ0v) is 19.0. The number of nitrogen functional groups attached to an aromatic ring is 1. The van der Waals surface area contributed by atoms with Crippen molar-refractivity contribution in [3.05, 3.63) is 29.2 Å². The number of allylic oxidation sites excluding steroid dienone is 1. The second kappa shape index (κ2) is 9.68. The lowest BCUT2D eigenvalue weighted by atomic mass is 10.0. The maximum atomic E-state index is 13.0. The molecule has 3 amide bonds. The molecule has 3 atom stereocenters. The maximum Gasteiger partial charge on any atom is 0.404 e. The molecule has 1 aliphatic carbocycles. The number of rotatable bonds is 8. The number of ether oxygens (including phenoxy) is 1. The lowest BCUT2D eigenvalue weighted by Crippen LogP contribution is -2.71. The summed E-state index contributed by atoms with van der Waals surface area (Å²) in [6.45, 7) is -0.363. The smallest absolute Gasteiger partial charge is 0.404 e. The van der Waals surface area contributed by atoms with Crippen molar-refractivity contribution in [1.29, 1.82) is 0 Å². The van der Waals surface area contributed by atoms with Gasteiger partial charge in [0.1, 0.15) is 29.8 Å². The molecule has 0 bridgehead atoms. The standard InChI is InChI=1S/C18H19N7O7S2/c19-17-22-12(24-34-17)9(23-32-8-3-1-2-4-8)13(26)21-10-14(27)25-11(16(28)29)7(5-31-18(20)30)6-33-15(10)25/h1,3,8,10,15H,2,4-6H2,(H2,20,30)(H,21,26)(H,28,29)(H2,19,22,24)/b23-9-/t8?,10?,15-/m1/s1. The van der Waals surface area contributed by atoms with Gasteiger partial charge in [-0.15, -0.1) is 11.8 Å². The van der Waals surface area contributed by atoms with Crippen molar-refractivity contribution in [1.82, 2.24) is 19.6 Å². The van der Waals surface area contributed by atoms with Crippen LogP contribution in [0.4, 0.5) is 9.93 Å². The third-order valence-corrected chi connectivity index (χ3v) is 6.92. The number of oxime groups is 1. The second-order valence-electron chi connectivity index (χ2n) is 7.27. The van der Waals surface area contributed by atoms with Crippen LogP contribution < -0.4 is 16.8 Å². The van der Waals surface area contributed by atoms with E-state index >= 15 is 0 Å². The van der Waals surface area contributed by atoms with E-state index in [0.717, 1.165) is 22.9 Å². The SMILES string of the molecule is NC(=O)OCC1=C(C(=O)O)N2C(=O)C(NC(=O)/C(=N\OC3C=CCC3)c3nsc(N)n3)[C@H]2SC1. The Balaban J connectivity index is 1.51. The summed E-state index contributed by atoms with van der Waals surface area (Å²) in [5, 5.41) is 15.5. The number of hydrogen-bond acceptors (Lipinski definition) is 12. The first-order valence-corrected chi connectivity index (χ1v) is 11.7. The molecule has 14 nitrogen and oxygen atoms in total. The van der Waals surface area contributed by atoms with E-state index in [1.54, 1.807) is 0 Å². The molecule has 4 rings (SSSR count). The van der Waals surface area contributed by atoms with Gasteiger partial charge in [0.25, 0.3) is 11.8 Å². The number of carbonyl (C=O) groups excluding carboxylic acids is 3. The van der Waals surface area contributed by atoms with E-state index in [1.807, 2.05) is 12.2 Å². The van der Waals surface area contributed by atoms with Crippen LogP contribution in [0.25, 0.3) is 0 Å². The molecule has 1 saturated heterocycles. The predicted octanol–water partition coefficient (Wildman–Crippen LogP) is -0.606. The summed E-state index contributed by atoms with van der Waals surface area (Å²) < 4.78 is 8.68. The van der Waals surface area contributed by atoms with E-state index in [2.05, 4.69) is 24.6 Å². The number of nitrogens with one attached hydrogen (secondary N) is 1. The molecule has 16 heteroatoms. The van der Waals surface area contributed by atoms with Crippen molar-refractivity contribution in [3.63, 3.8) is 0 Å². The van der Waals surface area contributed by atoms with Gasteiger partial charge in [-0.3, -0.25) is 14.5 Å². The van der Waals surface area contributed by atoms with Gasteiger partial charge in [0, 0.05) is 22.9 Å². The number of carboxylic acids is 1. The number of β-lactam (4-membered cyclic amide) rings is 1. The van der Waals surface area contributed by atoms with Crippen LogP contribution in [0, 0.1) is 0 Å². The number of nitrogens with two attached hydrogens (primary N) is 2. The monoisotopic (exact) mass is 509 g/mol. The quantitative estimate of drug-likeness (QED) is 0.150. The number of amides is 3. The normalized spacial score (nSPS) is 23.9. The Morgan fingerprint density at radius 2 is 2.18 bits per heavy atom. The molecule has 1 aromatic rings. The highest BCUT2D eigenvalue weighted by Crippen LogP contribution is 2.40. The Labute approximate surface area is 200 Å². The molecule has 2 unspecified atom stereocenters. The van der Waals surface area contributed by atoms with Crippen LogP contribution in [0.15, 0.2) is 28.6 Å². The highest BCUT2D eigenvalue weighted by atomic mass is 32.2. The van der Waals surface area contributed by atoms with E-state index in [4.69, 9.17) is 16.3 Å². The van der Waals surface area contributed by atoms with Gasteiger partial charge in [-0.25, -0.2) is 9.59 Å². The van der Waals surface area contributed by atoms with E-state index in [-0.39, 0.29) is 46.4 Å². The van der Waals surface area contributed by atoms with E-state index < -0.39 is 35.3 Å². The highest BCUT2D eigenvalue weighted by Gasteiger charge is 2.54. The van der Waals surface area contributed by atoms with E-state index in [1.165, 1.54) is 11.8 Å². The van der Waals surface area contributed by atoms with E-state index in [0.29, 0.717) is 6.42 Å². The van der Waals surface area contributed by atoms with Crippen LogP contribution >= 0.6 is 23.3 Å². The molecule has 3 aliphatic rings. The van der Waals surface area contributed by atoms with Crippen LogP contribution in [0.1, 0.15) is 18.7 Å². The molecule has 3 heterocycles. The average Bonchev–Trinajstić information content (AvgIpc) is 3.47. The summed E-state index contributed by atoms with van der Waals surface area (Å²) in [4.78, 5) is 58.9. The minimum atomic E-state index is -1.37. The van der Waals surface area contributed by atoms with Gasteiger partial charge in [0.05, 0.1) is 0 Å². The first-order chi connectivity index (χ1) is 16.3. The van der Waals surface area contributed by atoms with Crippen LogP contribution in [0.5, 0.6) is 0 Å². The molecule has 6 N–H and O–H groups in total. The number of aliphatic carboxylic acids is 1. The van der Waals surface area contributed by atoms with Crippen LogP contribution in [-0.4, -0.2) is 78.8 Å². The molecule has 34 heavy (non-hydrogen) atoms. The Kier molecular flexibility index (Phi) is 6.69. The number of carbonyl (C=O) groups is 4. The molecule has 1 aromatic heterocycles. The number of nitrogens with zero attached hydrogens (tertiary/aromatic N) is 4. The number of thioether (sulfide) groups is 1. The van der Waals surface area contributed by atoms with Gasteiger partial charge in [0.2, 0.25) is 11.5 Å². The summed E-state index contributed by atoms with van der Waals surface area (Å²) >= 11 is 2.07. The number of primary amides is 1. The number of carboxylic acid groups (broad SMARTS) is 1. The number of fused-ring (bicyclic) bond motifs is 1. The van der Waals surface area contributed by atoms with Gasteiger partial charge in [-0.05, 0) is 18.9 Å². The van der Waals surface area contributed by atoms with Gasteiger partial charge in [-0.1, -0.05) is 11.2 Å². The molecule has 0 spiro atoms. The molecule has 0 radical (unpaired) electrons. The lowest BCUT2D eigenvalue weighted by molar-refractivity contribution is -0.150. The fourth-order valence-corrected chi connectivity index (χ4v) is 5.25. The van der Waals surface area contributed by atoms with Gasteiger partial charge in [0.15, 0.2) is 5.13 Å². The minimum Gasteiger partial charge on any atom is -0.477 e. The fraction of sp³-hybridized carbons (Fsp3) is 0.389. The van der Waals surface area contributed by atoms with Crippen LogP contribution in [0.2, 0.25) is 0 Å².